The first-order chi connectivity index (χ1) is 12.2. The van der Waals surface area contributed by atoms with Gasteiger partial charge in [-0.2, -0.15) is 0 Å². The van der Waals surface area contributed by atoms with Gasteiger partial charge in [0.1, 0.15) is 0 Å². The summed E-state index contributed by atoms with van der Waals surface area (Å²) in [7, 11) is 0. The summed E-state index contributed by atoms with van der Waals surface area (Å²) in [6.07, 6.45) is 0. The van der Waals surface area contributed by atoms with Crippen LogP contribution in [-0.4, -0.2) is 42.1 Å². The molecule has 0 unspecified atom stereocenters. The quantitative estimate of drug-likeness (QED) is 0.729. The molecule has 0 radical (unpaired) electrons. The third-order valence-electron chi connectivity index (χ3n) is 4.22. The number of para-hydroxylation sites is 1. The zero-order chi connectivity index (χ0) is 17.2. The van der Waals surface area contributed by atoms with Crippen molar-refractivity contribution in [2.75, 3.05) is 36.4 Å². The van der Waals surface area contributed by atoms with E-state index >= 15 is 0 Å². The Balaban J connectivity index is 1.37. The van der Waals surface area contributed by atoms with Crippen LogP contribution < -0.4 is 10.2 Å². The molecule has 1 aliphatic heterocycles. The van der Waals surface area contributed by atoms with Crippen LogP contribution >= 0.6 is 22.9 Å². The van der Waals surface area contributed by atoms with Gasteiger partial charge in [0.15, 0.2) is 5.13 Å². The first-order valence-electron chi connectivity index (χ1n) is 8.11. The Bertz CT molecular complexity index is 854. The van der Waals surface area contributed by atoms with E-state index < -0.39 is 0 Å². The van der Waals surface area contributed by atoms with Gasteiger partial charge in [-0.25, -0.2) is 9.78 Å². The highest BCUT2D eigenvalue weighted by atomic mass is 35.5. The van der Waals surface area contributed by atoms with Crippen molar-refractivity contribution in [1.29, 1.82) is 0 Å². The molecule has 1 saturated heterocycles. The van der Waals surface area contributed by atoms with Gasteiger partial charge in [-0.15, -0.1) is 0 Å². The van der Waals surface area contributed by atoms with E-state index in [0.717, 1.165) is 29.4 Å². The number of piperazine rings is 1. The minimum atomic E-state index is -0.0775. The number of anilines is 2. The van der Waals surface area contributed by atoms with Crippen LogP contribution in [0.15, 0.2) is 48.5 Å². The number of nitrogens with zero attached hydrogens (tertiary/aromatic N) is 3. The van der Waals surface area contributed by atoms with Crippen LogP contribution in [0.1, 0.15) is 0 Å². The summed E-state index contributed by atoms with van der Waals surface area (Å²) in [6.45, 7) is 2.92. The number of thiazole rings is 1. The van der Waals surface area contributed by atoms with Gasteiger partial charge in [-0.05, 0) is 36.4 Å². The van der Waals surface area contributed by atoms with Crippen molar-refractivity contribution in [2.24, 2.45) is 0 Å². The summed E-state index contributed by atoms with van der Waals surface area (Å²) in [5, 5.41) is 4.59. The molecule has 5 nitrogen and oxygen atoms in total. The smallest absolute Gasteiger partial charge is 0.321 e. The third kappa shape index (κ3) is 3.55. The minimum Gasteiger partial charge on any atom is -0.345 e. The molecule has 0 atom stereocenters. The number of aromatic nitrogens is 1. The van der Waals surface area contributed by atoms with E-state index in [4.69, 9.17) is 16.6 Å². The highest BCUT2D eigenvalue weighted by Crippen LogP contribution is 2.29. The van der Waals surface area contributed by atoms with Crippen LogP contribution in [0.4, 0.5) is 15.6 Å². The lowest BCUT2D eigenvalue weighted by Gasteiger charge is -2.34. The topological polar surface area (TPSA) is 48.5 Å². The van der Waals surface area contributed by atoms with Gasteiger partial charge in [0.25, 0.3) is 0 Å². The van der Waals surface area contributed by atoms with E-state index in [2.05, 4.69) is 16.3 Å². The van der Waals surface area contributed by atoms with Crippen LogP contribution in [-0.2, 0) is 0 Å². The van der Waals surface area contributed by atoms with Gasteiger partial charge in [0.05, 0.1) is 10.2 Å². The first kappa shape index (κ1) is 16.2. The number of carbonyl (C=O) groups is 1. The summed E-state index contributed by atoms with van der Waals surface area (Å²) in [6, 6.07) is 15.2. The summed E-state index contributed by atoms with van der Waals surface area (Å²) in [5.74, 6) is 0. The molecule has 128 valence electrons. The number of nitrogens with one attached hydrogen (secondary N) is 1. The van der Waals surface area contributed by atoms with Gasteiger partial charge < -0.3 is 15.1 Å². The zero-order valence-corrected chi connectivity index (χ0v) is 15.1. The summed E-state index contributed by atoms with van der Waals surface area (Å²) < 4.78 is 1.19. The number of carbonyl (C=O) groups excluding carboxylic acids is 1. The summed E-state index contributed by atoms with van der Waals surface area (Å²) in [5.41, 5.74) is 1.79. The predicted molar refractivity (Wildman–Crippen MR) is 104 cm³/mol. The van der Waals surface area contributed by atoms with Gasteiger partial charge in [0.2, 0.25) is 0 Å². The maximum atomic E-state index is 12.4. The molecule has 0 aliphatic carbocycles. The number of fused-ring (bicyclic) bond motifs is 1. The molecule has 1 aromatic heterocycles. The van der Waals surface area contributed by atoms with Crippen molar-refractivity contribution in [3.63, 3.8) is 0 Å². The third-order valence-corrected chi connectivity index (χ3v) is 5.56. The highest BCUT2D eigenvalue weighted by Gasteiger charge is 2.23. The Labute approximate surface area is 154 Å². The Morgan fingerprint density at radius 2 is 1.76 bits per heavy atom. The Morgan fingerprint density at radius 1 is 1.04 bits per heavy atom. The largest absolute Gasteiger partial charge is 0.345 e. The molecule has 1 N–H and O–H groups in total. The van der Waals surface area contributed by atoms with Crippen molar-refractivity contribution in [3.05, 3.63) is 53.6 Å². The van der Waals surface area contributed by atoms with Crippen molar-refractivity contribution < 1.29 is 4.79 Å². The molecule has 1 aliphatic rings. The monoisotopic (exact) mass is 372 g/mol. The van der Waals surface area contributed by atoms with Crippen LogP contribution in [0.2, 0.25) is 5.02 Å². The Morgan fingerprint density at radius 3 is 2.48 bits per heavy atom. The molecule has 0 bridgehead atoms. The molecule has 3 aromatic rings. The fourth-order valence-electron chi connectivity index (χ4n) is 2.83. The Hall–Kier alpha value is -2.31. The van der Waals surface area contributed by atoms with Crippen molar-refractivity contribution in [1.82, 2.24) is 9.88 Å². The molecule has 0 saturated carbocycles. The highest BCUT2D eigenvalue weighted by molar-refractivity contribution is 7.22. The SMILES string of the molecule is O=C(Nc1ccc(Cl)cc1)N1CCN(c2nc3ccccc3s2)CC1. The number of amides is 2. The molecule has 2 heterocycles. The molecule has 0 spiro atoms. The molecule has 1 fully saturated rings. The van der Waals surface area contributed by atoms with Crippen molar-refractivity contribution in [3.8, 4) is 0 Å². The van der Waals surface area contributed by atoms with E-state index in [0.29, 0.717) is 18.1 Å². The maximum Gasteiger partial charge on any atom is 0.321 e. The Kier molecular flexibility index (Phi) is 4.46. The lowest BCUT2D eigenvalue weighted by Crippen LogP contribution is -2.50. The maximum absolute atomic E-state index is 12.4. The van der Waals surface area contributed by atoms with E-state index in [9.17, 15) is 4.79 Å². The molecule has 2 amide bonds. The average molecular weight is 373 g/mol. The van der Waals surface area contributed by atoms with Gasteiger partial charge in [-0.1, -0.05) is 35.1 Å². The number of urea groups is 1. The number of hydrogen-bond donors (Lipinski definition) is 1. The zero-order valence-electron chi connectivity index (χ0n) is 13.5. The number of benzene rings is 2. The van der Waals surface area contributed by atoms with Crippen molar-refractivity contribution >= 4 is 50.0 Å². The standard InChI is InChI=1S/C18H17ClN4OS/c19-13-5-7-14(8-6-13)20-17(24)22-9-11-23(12-10-22)18-21-15-3-1-2-4-16(15)25-18/h1-8H,9-12H2,(H,20,24). The molecular formula is C18H17ClN4OS. The van der Waals surface area contributed by atoms with E-state index in [1.807, 2.05) is 23.1 Å². The van der Waals surface area contributed by atoms with E-state index in [-0.39, 0.29) is 6.03 Å². The van der Waals surface area contributed by atoms with E-state index in [1.165, 1.54) is 4.70 Å². The van der Waals surface area contributed by atoms with Crippen LogP contribution in [0, 0.1) is 0 Å². The number of rotatable bonds is 2. The lowest BCUT2D eigenvalue weighted by atomic mass is 10.3. The summed E-state index contributed by atoms with van der Waals surface area (Å²) in [4.78, 5) is 21.2. The fourth-order valence-corrected chi connectivity index (χ4v) is 3.98. The second-order valence-corrected chi connectivity index (χ2v) is 7.32. The van der Waals surface area contributed by atoms with Crippen LogP contribution in [0.25, 0.3) is 10.2 Å². The van der Waals surface area contributed by atoms with Gasteiger partial charge >= 0.3 is 6.03 Å². The molecule has 7 heteroatoms. The fraction of sp³-hybridized carbons (Fsp3) is 0.222. The second kappa shape index (κ2) is 6.90. The molecule has 2 aromatic carbocycles. The van der Waals surface area contributed by atoms with Crippen molar-refractivity contribution in [2.45, 2.75) is 0 Å². The normalized spacial score (nSPS) is 14.8. The number of halogens is 1. The number of hydrogen-bond acceptors (Lipinski definition) is 4. The predicted octanol–water partition coefficient (Wildman–Crippen LogP) is 4.30. The van der Waals surface area contributed by atoms with Gasteiger partial charge in [-0.3, -0.25) is 0 Å². The second-order valence-electron chi connectivity index (χ2n) is 5.88. The van der Waals surface area contributed by atoms with E-state index in [1.54, 1.807) is 35.6 Å². The van der Waals surface area contributed by atoms with Crippen LogP contribution in [0.3, 0.4) is 0 Å². The average Bonchev–Trinajstić information content (AvgIpc) is 3.08. The minimum absolute atomic E-state index is 0.0775. The van der Waals surface area contributed by atoms with Crippen LogP contribution in [0.5, 0.6) is 0 Å². The first-order valence-corrected chi connectivity index (χ1v) is 9.30. The summed E-state index contributed by atoms with van der Waals surface area (Å²) >= 11 is 7.57. The molecular weight excluding hydrogens is 356 g/mol. The molecule has 25 heavy (non-hydrogen) atoms. The lowest BCUT2D eigenvalue weighted by molar-refractivity contribution is 0.208. The molecule has 4 rings (SSSR count). The van der Waals surface area contributed by atoms with Gasteiger partial charge in [0, 0.05) is 36.9 Å².